The van der Waals surface area contributed by atoms with Crippen molar-refractivity contribution in [1.29, 1.82) is 0 Å². The zero-order valence-electron chi connectivity index (χ0n) is 18.0. The summed E-state index contributed by atoms with van der Waals surface area (Å²) in [5.41, 5.74) is 1.87. The second kappa shape index (κ2) is 11.7. The average Bonchev–Trinajstić information content (AvgIpc) is 3.06. The van der Waals surface area contributed by atoms with Crippen LogP contribution in [0.4, 0.5) is 0 Å². The number of methoxy groups -OCH3 is 1. The van der Waals surface area contributed by atoms with E-state index in [9.17, 15) is 9.59 Å². The van der Waals surface area contributed by atoms with Crippen molar-refractivity contribution in [3.63, 3.8) is 0 Å². The van der Waals surface area contributed by atoms with E-state index in [0.717, 1.165) is 11.1 Å². The standard InChI is InChI=1S/C24H25NO5S2/c1-3-29-22(26)10-7-13-25-23(27)21(32-24(25)31)15-18-11-12-19(20(14-18)28-2)30-16-17-8-5-4-6-9-17/h4-6,8-9,11-12,14-15H,3,7,10,13,16H2,1-2H3/b21-15-. The molecule has 8 heteroatoms. The molecule has 1 heterocycles. The molecule has 0 radical (unpaired) electrons. The van der Waals surface area contributed by atoms with Gasteiger partial charge in [0.05, 0.1) is 18.6 Å². The Kier molecular flexibility index (Phi) is 8.70. The highest BCUT2D eigenvalue weighted by Crippen LogP contribution is 2.35. The van der Waals surface area contributed by atoms with Crippen LogP contribution >= 0.6 is 24.0 Å². The number of carbonyl (C=O) groups excluding carboxylic acids is 2. The highest BCUT2D eigenvalue weighted by molar-refractivity contribution is 8.26. The topological polar surface area (TPSA) is 65.1 Å². The van der Waals surface area contributed by atoms with E-state index in [0.29, 0.717) is 46.9 Å². The van der Waals surface area contributed by atoms with E-state index in [4.69, 9.17) is 26.4 Å². The third kappa shape index (κ3) is 6.34. The second-order valence-electron chi connectivity index (χ2n) is 6.93. The van der Waals surface area contributed by atoms with Crippen LogP contribution in [0.5, 0.6) is 11.5 Å². The maximum Gasteiger partial charge on any atom is 0.305 e. The molecule has 2 aromatic rings. The highest BCUT2D eigenvalue weighted by atomic mass is 32.2. The van der Waals surface area contributed by atoms with E-state index in [-0.39, 0.29) is 18.3 Å². The zero-order valence-corrected chi connectivity index (χ0v) is 19.7. The third-order valence-corrected chi connectivity index (χ3v) is 6.04. The number of amides is 1. The predicted molar refractivity (Wildman–Crippen MR) is 130 cm³/mol. The molecule has 0 N–H and O–H groups in total. The quantitative estimate of drug-likeness (QED) is 0.280. The lowest BCUT2D eigenvalue weighted by atomic mass is 10.1. The molecule has 0 spiro atoms. The van der Waals surface area contributed by atoms with Gasteiger partial charge in [0.25, 0.3) is 5.91 Å². The number of ether oxygens (including phenoxy) is 3. The molecule has 0 unspecified atom stereocenters. The molecule has 2 aromatic carbocycles. The van der Waals surface area contributed by atoms with E-state index < -0.39 is 0 Å². The molecular weight excluding hydrogens is 446 g/mol. The molecule has 1 fully saturated rings. The van der Waals surface area contributed by atoms with Crippen molar-refractivity contribution in [2.24, 2.45) is 0 Å². The summed E-state index contributed by atoms with van der Waals surface area (Å²) >= 11 is 6.61. The summed E-state index contributed by atoms with van der Waals surface area (Å²) in [6.07, 6.45) is 2.54. The minimum absolute atomic E-state index is 0.160. The summed E-state index contributed by atoms with van der Waals surface area (Å²) in [5.74, 6) is 0.780. The number of nitrogens with zero attached hydrogens (tertiary/aromatic N) is 1. The van der Waals surface area contributed by atoms with Crippen molar-refractivity contribution in [2.45, 2.75) is 26.4 Å². The van der Waals surface area contributed by atoms with Gasteiger partial charge in [0.1, 0.15) is 10.9 Å². The second-order valence-corrected chi connectivity index (χ2v) is 8.60. The first kappa shape index (κ1) is 23.8. The molecule has 6 nitrogen and oxygen atoms in total. The maximum atomic E-state index is 12.8. The Bertz CT molecular complexity index is 1010. The normalized spacial score (nSPS) is 14.7. The fraction of sp³-hybridized carbons (Fsp3) is 0.292. The minimum Gasteiger partial charge on any atom is -0.493 e. The molecule has 0 bridgehead atoms. The molecule has 1 saturated heterocycles. The molecule has 168 valence electrons. The Balaban J connectivity index is 1.64. The Morgan fingerprint density at radius 2 is 1.94 bits per heavy atom. The van der Waals surface area contributed by atoms with Gasteiger partial charge in [-0.1, -0.05) is 60.4 Å². The lowest BCUT2D eigenvalue weighted by Gasteiger charge is -2.13. The lowest BCUT2D eigenvalue weighted by Crippen LogP contribution is -2.29. The smallest absolute Gasteiger partial charge is 0.305 e. The SMILES string of the molecule is CCOC(=O)CCCN1C(=O)/C(=C/c2ccc(OCc3ccccc3)c(OC)c2)SC1=S. The van der Waals surface area contributed by atoms with Crippen molar-refractivity contribution in [2.75, 3.05) is 20.3 Å². The van der Waals surface area contributed by atoms with Gasteiger partial charge in [-0.05, 0) is 42.7 Å². The number of rotatable bonds is 10. The number of hydrogen-bond donors (Lipinski definition) is 0. The van der Waals surface area contributed by atoms with Gasteiger partial charge in [-0.2, -0.15) is 0 Å². The van der Waals surface area contributed by atoms with Crippen molar-refractivity contribution in [1.82, 2.24) is 4.90 Å². The van der Waals surface area contributed by atoms with Gasteiger partial charge in [0, 0.05) is 13.0 Å². The fourth-order valence-corrected chi connectivity index (χ4v) is 4.40. The van der Waals surface area contributed by atoms with Gasteiger partial charge < -0.3 is 14.2 Å². The molecular formula is C24H25NO5S2. The molecule has 0 aliphatic carbocycles. The average molecular weight is 472 g/mol. The van der Waals surface area contributed by atoms with Crippen molar-refractivity contribution in [3.8, 4) is 11.5 Å². The van der Waals surface area contributed by atoms with Crippen LogP contribution in [-0.4, -0.2) is 41.4 Å². The lowest BCUT2D eigenvalue weighted by molar-refractivity contribution is -0.143. The summed E-state index contributed by atoms with van der Waals surface area (Å²) in [6.45, 7) is 2.93. The molecule has 1 amide bonds. The summed E-state index contributed by atoms with van der Waals surface area (Å²) in [5, 5.41) is 0. The number of benzene rings is 2. The largest absolute Gasteiger partial charge is 0.493 e. The molecule has 3 rings (SSSR count). The van der Waals surface area contributed by atoms with Gasteiger partial charge in [-0.15, -0.1) is 0 Å². The number of carbonyl (C=O) groups is 2. The Labute approximate surface area is 197 Å². The summed E-state index contributed by atoms with van der Waals surface area (Å²) in [6, 6.07) is 15.4. The van der Waals surface area contributed by atoms with Gasteiger partial charge in [0.2, 0.25) is 0 Å². The van der Waals surface area contributed by atoms with Crippen LogP contribution in [-0.2, 0) is 20.9 Å². The van der Waals surface area contributed by atoms with E-state index in [1.165, 1.54) is 16.7 Å². The number of hydrogen-bond acceptors (Lipinski definition) is 7. The van der Waals surface area contributed by atoms with Crippen molar-refractivity contribution >= 4 is 46.3 Å². The molecule has 0 atom stereocenters. The molecule has 1 aliphatic rings. The molecule has 0 saturated carbocycles. The van der Waals surface area contributed by atoms with Crippen molar-refractivity contribution < 1.29 is 23.8 Å². The van der Waals surface area contributed by atoms with Crippen LogP contribution in [0.15, 0.2) is 53.4 Å². The third-order valence-electron chi connectivity index (χ3n) is 4.66. The predicted octanol–water partition coefficient (Wildman–Crippen LogP) is 4.82. The summed E-state index contributed by atoms with van der Waals surface area (Å²) in [4.78, 5) is 26.3. The Hall–Kier alpha value is -2.84. The van der Waals surface area contributed by atoms with E-state index >= 15 is 0 Å². The van der Waals surface area contributed by atoms with Gasteiger partial charge in [0.15, 0.2) is 11.5 Å². The van der Waals surface area contributed by atoms with Crippen LogP contribution < -0.4 is 9.47 Å². The Morgan fingerprint density at radius 3 is 2.66 bits per heavy atom. The fourth-order valence-electron chi connectivity index (χ4n) is 3.09. The van der Waals surface area contributed by atoms with Crippen LogP contribution in [0.2, 0.25) is 0 Å². The summed E-state index contributed by atoms with van der Waals surface area (Å²) in [7, 11) is 1.58. The zero-order chi connectivity index (χ0) is 22.9. The molecule has 1 aliphatic heterocycles. The van der Waals surface area contributed by atoms with Crippen LogP contribution in [0, 0.1) is 0 Å². The number of thiocarbonyl (C=S) groups is 1. The highest BCUT2D eigenvalue weighted by Gasteiger charge is 2.31. The van der Waals surface area contributed by atoms with Gasteiger partial charge in [-0.25, -0.2) is 0 Å². The first-order chi connectivity index (χ1) is 15.5. The Morgan fingerprint density at radius 1 is 1.16 bits per heavy atom. The monoisotopic (exact) mass is 471 g/mol. The molecule has 0 aromatic heterocycles. The first-order valence-electron chi connectivity index (χ1n) is 10.3. The van der Waals surface area contributed by atoms with Gasteiger partial charge >= 0.3 is 5.97 Å². The summed E-state index contributed by atoms with van der Waals surface area (Å²) < 4.78 is 16.8. The van der Waals surface area contributed by atoms with Crippen LogP contribution in [0.3, 0.4) is 0 Å². The number of thioether (sulfide) groups is 1. The maximum absolute atomic E-state index is 12.8. The minimum atomic E-state index is -0.268. The van der Waals surface area contributed by atoms with Crippen LogP contribution in [0.1, 0.15) is 30.9 Å². The van der Waals surface area contributed by atoms with Crippen molar-refractivity contribution in [3.05, 3.63) is 64.6 Å². The first-order valence-corrected chi connectivity index (χ1v) is 11.5. The van der Waals surface area contributed by atoms with E-state index in [1.807, 2.05) is 48.5 Å². The number of esters is 1. The van der Waals surface area contributed by atoms with E-state index in [1.54, 1.807) is 20.1 Å². The van der Waals surface area contributed by atoms with Crippen LogP contribution in [0.25, 0.3) is 6.08 Å². The van der Waals surface area contributed by atoms with Gasteiger partial charge in [-0.3, -0.25) is 14.5 Å². The van der Waals surface area contributed by atoms with E-state index in [2.05, 4.69) is 0 Å². The molecule has 32 heavy (non-hydrogen) atoms.